The van der Waals surface area contributed by atoms with Crippen LogP contribution in [0.15, 0.2) is 24.5 Å². The quantitative estimate of drug-likeness (QED) is 0.750. The third-order valence-corrected chi connectivity index (χ3v) is 3.60. The Morgan fingerprint density at radius 3 is 3.19 bits per heavy atom. The zero-order chi connectivity index (χ0) is 15.1. The molecular weight excluding hydrogens is 268 g/mol. The van der Waals surface area contributed by atoms with E-state index in [1.165, 1.54) is 5.56 Å². The second kappa shape index (κ2) is 8.07. The Hall–Kier alpha value is -1.50. The number of pyridine rings is 1. The predicted octanol–water partition coefficient (Wildman–Crippen LogP) is -0.258. The molecule has 2 N–H and O–H groups in total. The number of likely N-dealkylation sites (N-methyl/N-ethyl adjacent to an activating group) is 1. The maximum Gasteiger partial charge on any atom is 0.231 e. The van der Waals surface area contributed by atoms with Crippen LogP contribution in [0.25, 0.3) is 0 Å². The SMILES string of the molecule is CN(CC(N)=O)CC1CN(CCc2cccnc2)CCO1. The summed E-state index contributed by atoms with van der Waals surface area (Å²) in [7, 11) is 1.89. The largest absolute Gasteiger partial charge is 0.374 e. The number of rotatable bonds is 7. The van der Waals surface area contributed by atoms with Gasteiger partial charge in [-0.3, -0.25) is 19.6 Å². The summed E-state index contributed by atoms with van der Waals surface area (Å²) in [6, 6.07) is 4.07. The molecule has 1 fully saturated rings. The van der Waals surface area contributed by atoms with Crippen LogP contribution >= 0.6 is 0 Å². The van der Waals surface area contributed by atoms with Crippen molar-refractivity contribution in [3.8, 4) is 0 Å². The van der Waals surface area contributed by atoms with Gasteiger partial charge in [-0.05, 0) is 25.1 Å². The van der Waals surface area contributed by atoms with Crippen LogP contribution in [0.3, 0.4) is 0 Å². The van der Waals surface area contributed by atoms with Gasteiger partial charge < -0.3 is 10.5 Å². The van der Waals surface area contributed by atoms with E-state index in [9.17, 15) is 4.79 Å². The summed E-state index contributed by atoms with van der Waals surface area (Å²) >= 11 is 0. The Bertz CT molecular complexity index is 441. The summed E-state index contributed by atoms with van der Waals surface area (Å²) in [6.45, 7) is 4.59. The summed E-state index contributed by atoms with van der Waals surface area (Å²) in [5, 5.41) is 0. The van der Waals surface area contributed by atoms with E-state index in [2.05, 4.69) is 16.0 Å². The third kappa shape index (κ3) is 5.79. The Balaban J connectivity index is 1.74. The fraction of sp³-hybridized carbons (Fsp3) is 0.600. The predicted molar refractivity (Wildman–Crippen MR) is 80.8 cm³/mol. The number of nitrogens with two attached hydrogens (primary N) is 1. The van der Waals surface area contributed by atoms with Gasteiger partial charge in [-0.15, -0.1) is 0 Å². The van der Waals surface area contributed by atoms with Gasteiger partial charge in [-0.1, -0.05) is 6.07 Å². The number of ether oxygens (including phenoxy) is 1. The number of aromatic nitrogens is 1. The van der Waals surface area contributed by atoms with Crippen molar-refractivity contribution >= 4 is 5.91 Å². The number of hydrogen-bond acceptors (Lipinski definition) is 5. The minimum Gasteiger partial charge on any atom is -0.374 e. The third-order valence-electron chi connectivity index (χ3n) is 3.60. The van der Waals surface area contributed by atoms with Gasteiger partial charge in [-0.2, -0.15) is 0 Å². The molecule has 1 aliphatic heterocycles. The van der Waals surface area contributed by atoms with Crippen molar-refractivity contribution in [1.29, 1.82) is 0 Å². The van der Waals surface area contributed by atoms with E-state index in [4.69, 9.17) is 10.5 Å². The van der Waals surface area contributed by atoms with Crippen LogP contribution < -0.4 is 5.73 Å². The highest BCUT2D eigenvalue weighted by Crippen LogP contribution is 2.08. The van der Waals surface area contributed by atoms with Gasteiger partial charge in [0.2, 0.25) is 5.91 Å². The van der Waals surface area contributed by atoms with Gasteiger partial charge in [0.25, 0.3) is 0 Å². The molecule has 0 aromatic carbocycles. The molecule has 0 saturated carbocycles. The first-order valence-electron chi connectivity index (χ1n) is 7.33. The Morgan fingerprint density at radius 2 is 2.48 bits per heavy atom. The zero-order valence-electron chi connectivity index (χ0n) is 12.6. The second-order valence-electron chi connectivity index (χ2n) is 5.57. The smallest absolute Gasteiger partial charge is 0.231 e. The van der Waals surface area contributed by atoms with Crippen molar-refractivity contribution in [3.05, 3.63) is 30.1 Å². The van der Waals surface area contributed by atoms with Gasteiger partial charge in [0.05, 0.1) is 19.3 Å². The molecule has 1 atom stereocenters. The van der Waals surface area contributed by atoms with Gasteiger partial charge in [0.15, 0.2) is 0 Å². The van der Waals surface area contributed by atoms with Gasteiger partial charge in [0, 0.05) is 38.6 Å². The summed E-state index contributed by atoms with van der Waals surface area (Å²) < 4.78 is 5.76. The average molecular weight is 292 g/mol. The summed E-state index contributed by atoms with van der Waals surface area (Å²) in [5.74, 6) is -0.304. The topological polar surface area (TPSA) is 71.7 Å². The molecule has 6 heteroatoms. The van der Waals surface area contributed by atoms with Crippen LogP contribution in [0.1, 0.15) is 5.56 Å². The minimum absolute atomic E-state index is 0.136. The van der Waals surface area contributed by atoms with Crippen molar-refractivity contribution in [2.45, 2.75) is 12.5 Å². The number of primary amides is 1. The monoisotopic (exact) mass is 292 g/mol. The molecule has 1 saturated heterocycles. The van der Waals surface area contributed by atoms with E-state index in [-0.39, 0.29) is 18.6 Å². The lowest BCUT2D eigenvalue weighted by molar-refractivity contribution is -0.119. The minimum atomic E-state index is -0.304. The highest BCUT2D eigenvalue weighted by Gasteiger charge is 2.21. The lowest BCUT2D eigenvalue weighted by Crippen LogP contribution is -2.48. The van der Waals surface area contributed by atoms with E-state index in [0.29, 0.717) is 0 Å². The standard InChI is InChI=1S/C15H24N4O2/c1-18(12-15(16)20)10-14-11-19(7-8-21-14)6-4-13-3-2-5-17-9-13/h2-3,5,9,14H,4,6-8,10-12H2,1H3,(H2,16,20). The number of nitrogens with zero attached hydrogens (tertiary/aromatic N) is 3. The van der Waals surface area contributed by atoms with Crippen molar-refractivity contribution in [1.82, 2.24) is 14.8 Å². The average Bonchev–Trinajstić information content (AvgIpc) is 2.46. The van der Waals surface area contributed by atoms with E-state index in [0.717, 1.165) is 39.2 Å². The first kappa shape index (κ1) is 15.9. The maximum absolute atomic E-state index is 10.9. The molecule has 0 spiro atoms. The first-order valence-corrected chi connectivity index (χ1v) is 7.33. The molecule has 116 valence electrons. The lowest BCUT2D eigenvalue weighted by Gasteiger charge is -2.34. The Morgan fingerprint density at radius 1 is 1.62 bits per heavy atom. The zero-order valence-corrected chi connectivity index (χ0v) is 12.6. The van der Waals surface area contributed by atoms with Crippen molar-refractivity contribution in [2.24, 2.45) is 5.73 Å². The molecule has 1 aromatic rings. The molecule has 6 nitrogen and oxygen atoms in total. The molecule has 0 bridgehead atoms. The van der Waals surface area contributed by atoms with E-state index >= 15 is 0 Å². The molecule has 21 heavy (non-hydrogen) atoms. The van der Waals surface area contributed by atoms with E-state index in [1.54, 1.807) is 6.20 Å². The van der Waals surface area contributed by atoms with Crippen molar-refractivity contribution in [2.75, 3.05) is 46.4 Å². The number of carbonyl (C=O) groups excluding carboxylic acids is 1. The summed E-state index contributed by atoms with van der Waals surface area (Å²) in [5.41, 5.74) is 6.46. The molecule has 1 aromatic heterocycles. The van der Waals surface area contributed by atoms with Crippen molar-refractivity contribution in [3.63, 3.8) is 0 Å². The van der Waals surface area contributed by atoms with Crippen LogP contribution in [-0.4, -0.2) is 73.2 Å². The molecule has 2 rings (SSSR count). The first-order chi connectivity index (χ1) is 10.1. The van der Waals surface area contributed by atoms with Gasteiger partial charge in [-0.25, -0.2) is 0 Å². The molecule has 2 heterocycles. The summed E-state index contributed by atoms with van der Waals surface area (Å²) in [6.07, 6.45) is 4.84. The molecule has 0 radical (unpaired) electrons. The fourth-order valence-electron chi connectivity index (χ4n) is 2.61. The van der Waals surface area contributed by atoms with E-state index in [1.807, 2.05) is 24.2 Å². The number of hydrogen-bond donors (Lipinski definition) is 1. The van der Waals surface area contributed by atoms with Crippen LogP contribution in [0.2, 0.25) is 0 Å². The number of carbonyl (C=O) groups is 1. The highest BCUT2D eigenvalue weighted by atomic mass is 16.5. The fourth-order valence-corrected chi connectivity index (χ4v) is 2.61. The molecule has 1 amide bonds. The Labute approximate surface area is 125 Å². The van der Waals surface area contributed by atoms with E-state index < -0.39 is 0 Å². The van der Waals surface area contributed by atoms with Gasteiger partial charge >= 0.3 is 0 Å². The van der Waals surface area contributed by atoms with Crippen LogP contribution in [0.5, 0.6) is 0 Å². The van der Waals surface area contributed by atoms with Crippen LogP contribution in [0.4, 0.5) is 0 Å². The molecule has 1 unspecified atom stereocenters. The van der Waals surface area contributed by atoms with Crippen molar-refractivity contribution < 1.29 is 9.53 Å². The molecular formula is C15H24N4O2. The lowest BCUT2D eigenvalue weighted by atomic mass is 10.2. The Kier molecular flexibility index (Phi) is 6.10. The molecule has 0 aliphatic carbocycles. The van der Waals surface area contributed by atoms with Crippen LogP contribution in [-0.2, 0) is 16.0 Å². The summed E-state index contributed by atoms with van der Waals surface area (Å²) in [4.78, 5) is 19.4. The number of amides is 1. The molecule has 1 aliphatic rings. The number of morpholine rings is 1. The normalized spacial score (nSPS) is 19.8. The van der Waals surface area contributed by atoms with Gasteiger partial charge in [0.1, 0.15) is 0 Å². The van der Waals surface area contributed by atoms with Crippen LogP contribution in [0, 0.1) is 0 Å². The second-order valence-corrected chi connectivity index (χ2v) is 5.57. The maximum atomic E-state index is 10.9. The highest BCUT2D eigenvalue weighted by molar-refractivity contribution is 5.75.